The van der Waals surface area contributed by atoms with E-state index in [-0.39, 0.29) is 29.7 Å². The molecule has 0 radical (unpaired) electrons. The van der Waals surface area contributed by atoms with Crippen LogP contribution in [-0.4, -0.2) is 72.1 Å². The van der Waals surface area contributed by atoms with E-state index in [0.717, 1.165) is 12.8 Å². The largest absolute Gasteiger partial charge is 0.478 e. The molecule has 2 saturated heterocycles. The zero-order valence-electron chi connectivity index (χ0n) is 14.7. The van der Waals surface area contributed by atoms with Crippen molar-refractivity contribution in [3.05, 3.63) is 35.4 Å². The number of carbonyl (C=O) groups is 3. The second-order valence-electron chi connectivity index (χ2n) is 6.76. The number of hydrogen-bond acceptors (Lipinski definition) is 4. The van der Waals surface area contributed by atoms with Crippen LogP contribution in [0.15, 0.2) is 24.3 Å². The third kappa shape index (κ3) is 4.22. The first kappa shape index (κ1) is 18.4. The molecule has 1 aromatic carbocycles. The van der Waals surface area contributed by atoms with E-state index in [1.54, 1.807) is 23.1 Å². The van der Waals surface area contributed by atoms with E-state index in [1.807, 2.05) is 4.90 Å². The van der Waals surface area contributed by atoms with Crippen LogP contribution in [0.3, 0.4) is 0 Å². The fourth-order valence-electron chi connectivity index (χ4n) is 3.60. The number of aromatic carboxylic acids is 1. The molecule has 2 amide bonds. The summed E-state index contributed by atoms with van der Waals surface area (Å²) in [5.74, 6) is -1.25. The molecule has 0 spiro atoms. The van der Waals surface area contributed by atoms with Crippen LogP contribution in [0.4, 0.5) is 0 Å². The summed E-state index contributed by atoms with van der Waals surface area (Å²) in [6.07, 6.45) is 1.61. The Labute approximate surface area is 152 Å². The van der Waals surface area contributed by atoms with Crippen molar-refractivity contribution < 1.29 is 24.2 Å². The zero-order valence-corrected chi connectivity index (χ0v) is 14.7. The van der Waals surface area contributed by atoms with E-state index >= 15 is 0 Å². The molecule has 7 heteroatoms. The maximum absolute atomic E-state index is 12.7. The number of carbonyl (C=O) groups excluding carboxylic acids is 2. The van der Waals surface area contributed by atoms with E-state index in [4.69, 9.17) is 4.74 Å². The average molecular weight is 360 g/mol. The van der Waals surface area contributed by atoms with Gasteiger partial charge in [0.15, 0.2) is 0 Å². The summed E-state index contributed by atoms with van der Waals surface area (Å²) in [5.41, 5.74) is 0.658. The maximum atomic E-state index is 12.7. The molecule has 140 valence electrons. The molecule has 0 aromatic heterocycles. The van der Waals surface area contributed by atoms with Gasteiger partial charge in [0.2, 0.25) is 11.8 Å². The molecule has 2 fully saturated rings. The second kappa shape index (κ2) is 8.31. The highest BCUT2D eigenvalue weighted by atomic mass is 16.5. The summed E-state index contributed by atoms with van der Waals surface area (Å²) in [7, 11) is 0. The van der Waals surface area contributed by atoms with Gasteiger partial charge in [-0.1, -0.05) is 18.2 Å². The highest BCUT2D eigenvalue weighted by Gasteiger charge is 2.32. The van der Waals surface area contributed by atoms with Gasteiger partial charge in [0.1, 0.15) is 0 Å². The first-order chi connectivity index (χ1) is 12.6. The van der Waals surface area contributed by atoms with Crippen LogP contribution in [-0.2, 0) is 20.7 Å². The van der Waals surface area contributed by atoms with Gasteiger partial charge in [0.25, 0.3) is 0 Å². The van der Waals surface area contributed by atoms with Crippen molar-refractivity contribution in [2.45, 2.75) is 19.3 Å². The topological polar surface area (TPSA) is 87.2 Å². The fraction of sp³-hybridized carbons (Fsp3) is 0.526. The summed E-state index contributed by atoms with van der Waals surface area (Å²) in [5, 5.41) is 9.26. The SMILES string of the molecule is O=C(O)c1ccccc1CC(=O)N1CCCC(C(=O)N2CCOCC2)C1. The van der Waals surface area contributed by atoms with Crippen molar-refractivity contribution in [1.29, 1.82) is 0 Å². The van der Waals surface area contributed by atoms with Crippen molar-refractivity contribution in [2.24, 2.45) is 5.92 Å². The van der Waals surface area contributed by atoms with Gasteiger partial charge in [0.05, 0.1) is 31.1 Å². The molecule has 26 heavy (non-hydrogen) atoms. The van der Waals surface area contributed by atoms with Gasteiger partial charge in [-0.15, -0.1) is 0 Å². The van der Waals surface area contributed by atoms with Gasteiger partial charge in [-0.25, -0.2) is 4.79 Å². The molecule has 2 aliphatic heterocycles. The third-order valence-corrected chi connectivity index (χ3v) is 5.04. The zero-order chi connectivity index (χ0) is 18.5. The number of likely N-dealkylation sites (tertiary alicyclic amines) is 1. The number of hydrogen-bond donors (Lipinski definition) is 1. The number of nitrogens with zero attached hydrogens (tertiary/aromatic N) is 2. The van der Waals surface area contributed by atoms with Crippen molar-refractivity contribution >= 4 is 17.8 Å². The van der Waals surface area contributed by atoms with Crippen LogP contribution in [0.2, 0.25) is 0 Å². The summed E-state index contributed by atoms with van der Waals surface area (Å²) >= 11 is 0. The Morgan fingerprint density at radius 1 is 1.08 bits per heavy atom. The number of piperidine rings is 1. The summed E-state index contributed by atoms with van der Waals surface area (Å²) in [4.78, 5) is 40.2. The molecule has 3 rings (SSSR count). The van der Waals surface area contributed by atoms with Crippen LogP contribution in [0.1, 0.15) is 28.8 Å². The third-order valence-electron chi connectivity index (χ3n) is 5.04. The lowest BCUT2D eigenvalue weighted by Gasteiger charge is -2.36. The highest BCUT2D eigenvalue weighted by molar-refractivity contribution is 5.91. The van der Waals surface area contributed by atoms with Crippen molar-refractivity contribution in [3.8, 4) is 0 Å². The number of benzene rings is 1. The van der Waals surface area contributed by atoms with Gasteiger partial charge in [0, 0.05) is 26.2 Å². The lowest BCUT2D eigenvalue weighted by atomic mass is 9.95. The molecule has 1 aromatic rings. The minimum absolute atomic E-state index is 0.0426. The number of morpholine rings is 1. The van der Waals surface area contributed by atoms with Gasteiger partial charge in [-0.05, 0) is 24.5 Å². The van der Waals surface area contributed by atoms with Crippen LogP contribution in [0.5, 0.6) is 0 Å². The predicted octanol–water partition coefficient (Wildman–Crippen LogP) is 1.02. The smallest absolute Gasteiger partial charge is 0.335 e. The molecule has 0 bridgehead atoms. The van der Waals surface area contributed by atoms with Crippen LogP contribution < -0.4 is 0 Å². The van der Waals surface area contributed by atoms with E-state index in [1.165, 1.54) is 6.07 Å². The van der Waals surface area contributed by atoms with Gasteiger partial charge >= 0.3 is 5.97 Å². The Kier molecular flexibility index (Phi) is 5.88. The fourth-order valence-corrected chi connectivity index (χ4v) is 3.60. The van der Waals surface area contributed by atoms with Crippen LogP contribution in [0.25, 0.3) is 0 Å². The van der Waals surface area contributed by atoms with Crippen molar-refractivity contribution in [1.82, 2.24) is 9.80 Å². The molecule has 7 nitrogen and oxygen atoms in total. The molecule has 0 saturated carbocycles. The van der Waals surface area contributed by atoms with Crippen molar-refractivity contribution in [3.63, 3.8) is 0 Å². The number of amides is 2. The van der Waals surface area contributed by atoms with E-state index in [2.05, 4.69) is 0 Å². The molecule has 1 atom stereocenters. The highest BCUT2D eigenvalue weighted by Crippen LogP contribution is 2.21. The number of carboxylic acids is 1. The summed E-state index contributed by atoms with van der Waals surface area (Å²) in [6.45, 7) is 3.36. The summed E-state index contributed by atoms with van der Waals surface area (Å²) < 4.78 is 5.29. The Bertz CT molecular complexity index is 684. The first-order valence-corrected chi connectivity index (χ1v) is 9.02. The van der Waals surface area contributed by atoms with Gasteiger partial charge in [-0.2, -0.15) is 0 Å². The number of carboxylic acid groups (broad SMARTS) is 1. The van der Waals surface area contributed by atoms with E-state index in [0.29, 0.717) is 45.0 Å². The summed E-state index contributed by atoms with van der Waals surface area (Å²) in [6, 6.07) is 6.55. The second-order valence-corrected chi connectivity index (χ2v) is 6.76. The monoisotopic (exact) mass is 360 g/mol. The Hall–Kier alpha value is -2.41. The molecular weight excluding hydrogens is 336 g/mol. The normalized spacial score (nSPS) is 20.7. The minimum atomic E-state index is -1.03. The quantitative estimate of drug-likeness (QED) is 0.866. The molecule has 2 heterocycles. The molecule has 0 aliphatic carbocycles. The molecule has 1 N–H and O–H groups in total. The Balaban J connectivity index is 1.63. The van der Waals surface area contributed by atoms with Crippen LogP contribution in [0, 0.1) is 5.92 Å². The van der Waals surface area contributed by atoms with E-state index < -0.39 is 5.97 Å². The first-order valence-electron chi connectivity index (χ1n) is 9.02. The van der Waals surface area contributed by atoms with Gasteiger partial charge < -0.3 is 19.6 Å². The number of rotatable bonds is 4. The Morgan fingerprint density at radius 3 is 2.54 bits per heavy atom. The standard InChI is InChI=1S/C19H24N2O5/c22-17(12-14-4-1-2-6-16(14)19(24)25)21-7-3-5-15(13-21)18(23)20-8-10-26-11-9-20/h1-2,4,6,15H,3,5,7-13H2,(H,24,25). The predicted molar refractivity (Wildman–Crippen MR) is 93.8 cm³/mol. The maximum Gasteiger partial charge on any atom is 0.335 e. The molecule has 2 aliphatic rings. The average Bonchev–Trinajstić information content (AvgIpc) is 2.68. The lowest BCUT2D eigenvalue weighted by Crippen LogP contribution is -2.49. The molecule has 1 unspecified atom stereocenters. The number of ether oxygens (including phenoxy) is 1. The van der Waals surface area contributed by atoms with Gasteiger partial charge in [-0.3, -0.25) is 9.59 Å². The Morgan fingerprint density at radius 2 is 1.81 bits per heavy atom. The van der Waals surface area contributed by atoms with Crippen molar-refractivity contribution in [2.75, 3.05) is 39.4 Å². The molecular formula is C19H24N2O5. The van der Waals surface area contributed by atoms with E-state index in [9.17, 15) is 19.5 Å². The lowest BCUT2D eigenvalue weighted by molar-refractivity contribution is -0.143. The minimum Gasteiger partial charge on any atom is -0.478 e. The van der Waals surface area contributed by atoms with Crippen LogP contribution >= 0.6 is 0 Å².